The van der Waals surface area contributed by atoms with Crippen molar-refractivity contribution >= 4 is 31.4 Å². The summed E-state index contributed by atoms with van der Waals surface area (Å²) in [6, 6.07) is 8.76. The topological polar surface area (TPSA) is 172 Å². The molecule has 2 atom stereocenters. The zero-order valence-corrected chi connectivity index (χ0v) is 23.9. The predicted octanol–water partition coefficient (Wildman–Crippen LogP) is 2.63. The average molecular weight is 577 g/mol. The molecule has 218 valence electrons. The number of hydrogen-bond donors (Lipinski definition) is 4. The normalized spacial score (nSPS) is 15.7. The second-order valence-corrected chi connectivity index (χ2v) is 11.5. The van der Waals surface area contributed by atoms with E-state index in [0.717, 1.165) is 6.42 Å². The Hall–Kier alpha value is -3.38. The molecule has 1 fully saturated rings. The van der Waals surface area contributed by atoms with Crippen molar-refractivity contribution in [2.75, 3.05) is 44.3 Å². The Balaban J connectivity index is 1.86. The lowest BCUT2D eigenvalue weighted by atomic mass is 10.2. The Morgan fingerprint density at radius 3 is 2.50 bits per heavy atom. The molecule has 1 aromatic heterocycles. The molecule has 14 heteroatoms. The third kappa shape index (κ3) is 9.67. The number of unbranched alkanes of at least 4 members (excludes halogenated alkanes) is 1. The first kappa shape index (κ1) is 31.2. The van der Waals surface area contributed by atoms with E-state index in [1.54, 1.807) is 24.3 Å². The number of carbonyl (C=O) groups is 3. The molecule has 0 bridgehead atoms. The van der Waals surface area contributed by atoms with Gasteiger partial charge in [-0.1, -0.05) is 43.7 Å². The molecule has 0 saturated carbocycles. The minimum absolute atomic E-state index is 0.00369. The van der Waals surface area contributed by atoms with Crippen molar-refractivity contribution in [3.05, 3.63) is 42.1 Å². The molecular formula is C26H37N6O7P. The minimum Gasteiger partial charge on any atom is -0.375 e. The summed E-state index contributed by atoms with van der Waals surface area (Å²) >= 11 is 0. The molecule has 40 heavy (non-hydrogen) atoms. The summed E-state index contributed by atoms with van der Waals surface area (Å²) < 4.78 is 22.9. The highest BCUT2D eigenvalue weighted by molar-refractivity contribution is 7.52. The van der Waals surface area contributed by atoms with E-state index in [1.807, 2.05) is 26.8 Å². The van der Waals surface area contributed by atoms with Gasteiger partial charge in [-0.3, -0.25) is 9.36 Å². The van der Waals surface area contributed by atoms with E-state index in [9.17, 15) is 23.8 Å². The highest BCUT2D eigenvalue weighted by Gasteiger charge is 2.35. The number of rotatable bonds is 12. The monoisotopic (exact) mass is 576 g/mol. The molecule has 1 aliphatic heterocycles. The van der Waals surface area contributed by atoms with E-state index in [2.05, 4.69) is 25.9 Å². The maximum atomic E-state index is 13.4. The zero-order valence-electron chi connectivity index (χ0n) is 23.0. The van der Waals surface area contributed by atoms with Crippen molar-refractivity contribution in [3.8, 4) is 11.4 Å². The van der Waals surface area contributed by atoms with E-state index < -0.39 is 37.8 Å². The van der Waals surface area contributed by atoms with Crippen LogP contribution in [0.15, 0.2) is 36.4 Å². The number of esters is 1. The average Bonchev–Trinajstić information content (AvgIpc) is 2.93. The first-order chi connectivity index (χ1) is 19.1. The van der Waals surface area contributed by atoms with Crippen molar-refractivity contribution < 1.29 is 33.1 Å². The Labute approximate surface area is 233 Å². The maximum Gasteiger partial charge on any atom is 0.417 e. The molecule has 1 aromatic carbocycles. The van der Waals surface area contributed by atoms with Gasteiger partial charge in [0.25, 0.3) is 5.91 Å². The number of anilines is 1. The second-order valence-electron chi connectivity index (χ2n) is 9.58. The van der Waals surface area contributed by atoms with Gasteiger partial charge in [0.15, 0.2) is 5.82 Å². The minimum atomic E-state index is -4.34. The first-order valence-electron chi connectivity index (χ1n) is 13.3. The van der Waals surface area contributed by atoms with Crippen molar-refractivity contribution in [3.63, 3.8) is 0 Å². The van der Waals surface area contributed by atoms with Gasteiger partial charge in [-0.05, 0) is 20.3 Å². The summed E-state index contributed by atoms with van der Waals surface area (Å²) in [4.78, 5) is 59.5. The number of ether oxygens (including phenoxy) is 1. The fourth-order valence-electron chi connectivity index (χ4n) is 3.76. The van der Waals surface area contributed by atoms with Gasteiger partial charge in [0.1, 0.15) is 17.6 Å². The Morgan fingerprint density at radius 1 is 1.15 bits per heavy atom. The lowest BCUT2D eigenvalue weighted by molar-refractivity contribution is -0.140. The van der Waals surface area contributed by atoms with Gasteiger partial charge in [0, 0.05) is 43.9 Å². The van der Waals surface area contributed by atoms with Crippen LogP contribution in [0.1, 0.15) is 44.1 Å². The first-order valence-corrected chi connectivity index (χ1v) is 15.0. The molecule has 0 spiro atoms. The summed E-state index contributed by atoms with van der Waals surface area (Å²) in [6.45, 7) is 7.42. The van der Waals surface area contributed by atoms with E-state index in [1.165, 1.54) is 11.0 Å². The van der Waals surface area contributed by atoms with Gasteiger partial charge >= 0.3 is 19.7 Å². The Bertz CT molecular complexity index is 1210. The van der Waals surface area contributed by atoms with Crippen molar-refractivity contribution in [1.82, 2.24) is 25.5 Å². The van der Waals surface area contributed by atoms with E-state index in [0.29, 0.717) is 44.0 Å². The van der Waals surface area contributed by atoms with Gasteiger partial charge in [-0.2, -0.15) is 0 Å². The van der Waals surface area contributed by atoms with Crippen molar-refractivity contribution in [1.29, 1.82) is 0 Å². The summed E-state index contributed by atoms with van der Waals surface area (Å²) in [5.41, 5.74) is 0.564. The van der Waals surface area contributed by atoms with Crippen LogP contribution >= 0.6 is 7.60 Å². The largest absolute Gasteiger partial charge is 0.417 e. The van der Waals surface area contributed by atoms with Gasteiger partial charge < -0.3 is 35.0 Å². The maximum absolute atomic E-state index is 13.4. The second kappa shape index (κ2) is 14.8. The van der Waals surface area contributed by atoms with Crippen LogP contribution in [0.5, 0.6) is 0 Å². The molecule has 2 heterocycles. The summed E-state index contributed by atoms with van der Waals surface area (Å²) in [7, 11) is -4.34. The van der Waals surface area contributed by atoms with Gasteiger partial charge in [0.05, 0.1) is 12.8 Å². The number of nitrogens with one attached hydrogen (secondary N) is 3. The number of hydrogen-bond acceptors (Lipinski definition) is 10. The molecule has 0 radical (unpaired) electrons. The van der Waals surface area contributed by atoms with Crippen LogP contribution < -0.4 is 16.0 Å². The van der Waals surface area contributed by atoms with Crippen LogP contribution in [-0.4, -0.2) is 88.8 Å². The lowest BCUT2D eigenvalue weighted by Gasteiger charge is -2.27. The molecule has 13 nitrogen and oxygen atoms in total. The molecule has 0 aliphatic carbocycles. The van der Waals surface area contributed by atoms with Gasteiger partial charge in [0.2, 0.25) is 0 Å². The molecule has 1 aliphatic rings. The molecule has 2 amide bonds. The lowest BCUT2D eigenvalue weighted by Crippen LogP contribution is -2.50. The van der Waals surface area contributed by atoms with E-state index in [-0.39, 0.29) is 24.2 Å². The highest BCUT2D eigenvalue weighted by Crippen LogP contribution is 2.42. The van der Waals surface area contributed by atoms with Gasteiger partial charge in [-0.15, -0.1) is 0 Å². The molecular weight excluding hydrogens is 539 g/mol. The molecule has 3 rings (SSSR count). The summed E-state index contributed by atoms with van der Waals surface area (Å²) in [6.07, 6.45) is -0.431. The fraction of sp³-hybridized carbons (Fsp3) is 0.500. The van der Waals surface area contributed by atoms with E-state index in [4.69, 9.17) is 9.26 Å². The van der Waals surface area contributed by atoms with Crippen LogP contribution in [0.2, 0.25) is 0 Å². The molecule has 4 N–H and O–H groups in total. The van der Waals surface area contributed by atoms with Crippen LogP contribution in [0.25, 0.3) is 11.4 Å². The van der Waals surface area contributed by atoms with Crippen LogP contribution in [-0.2, 0) is 18.6 Å². The van der Waals surface area contributed by atoms with Crippen LogP contribution in [0.3, 0.4) is 0 Å². The zero-order chi connectivity index (χ0) is 29.1. The number of benzene rings is 1. The highest BCUT2D eigenvalue weighted by atomic mass is 31.2. The Morgan fingerprint density at radius 2 is 1.85 bits per heavy atom. The molecule has 1 saturated heterocycles. The smallest absolute Gasteiger partial charge is 0.375 e. The standard InChI is InChI=1S/C26H37N6O7P/c1-4-5-15-38-40(36,37)17-21(25(34)39-26(35)32-13-11-27-12-14-32)30-24(33)20-16-22(28-18(2)3)31-23(29-20)19-9-7-6-8-10-19/h6-10,16,18,21,27H,4-5,11-15,17H2,1-3H3,(H,30,33)(H,36,37)(H,28,29,31). The van der Waals surface area contributed by atoms with Gasteiger partial charge in [-0.25, -0.2) is 19.6 Å². The third-order valence-electron chi connectivity index (χ3n) is 5.78. The van der Waals surface area contributed by atoms with Crippen molar-refractivity contribution in [2.45, 2.75) is 45.7 Å². The number of piperazine rings is 1. The van der Waals surface area contributed by atoms with E-state index >= 15 is 0 Å². The van der Waals surface area contributed by atoms with Crippen molar-refractivity contribution in [2.24, 2.45) is 0 Å². The third-order valence-corrected chi connectivity index (χ3v) is 7.20. The fourth-order valence-corrected chi connectivity index (χ4v) is 4.99. The predicted molar refractivity (Wildman–Crippen MR) is 149 cm³/mol. The SMILES string of the molecule is CCCCOP(=O)(O)CC(NC(=O)c1cc(NC(C)C)nc(-c2ccccc2)n1)C(=O)OC(=O)N1CCNCC1. The van der Waals surface area contributed by atoms with Crippen LogP contribution in [0, 0.1) is 0 Å². The number of nitrogens with zero attached hydrogens (tertiary/aromatic N) is 3. The Kier molecular flexibility index (Phi) is 11.6. The number of aromatic nitrogens is 2. The van der Waals surface area contributed by atoms with Crippen LogP contribution in [0.4, 0.5) is 10.6 Å². The molecule has 2 unspecified atom stereocenters. The number of amides is 2. The quantitative estimate of drug-likeness (QED) is 0.127. The number of carbonyl (C=O) groups excluding carboxylic acids is 3. The molecule has 2 aromatic rings. The summed E-state index contributed by atoms with van der Waals surface area (Å²) in [5.74, 6) is -1.36. The summed E-state index contributed by atoms with van der Waals surface area (Å²) in [5, 5.41) is 8.64.